The third-order valence-electron chi connectivity index (χ3n) is 5.70. The van der Waals surface area contributed by atoms with E-state index in [1.54, 1.807) is 11.7 Å². The summed E-state index contributed by atoms with van der Waals surface area (Å²) in [6.45, 7) is 4.43. The molecule has 0 bridgehead atoms. The van der Waals surface area contributed by atoms with E-state index >= 15 is 0 Å². The molecule has 2 fully saturated rings. The van der Waals surface area contributed by atoms with Crippen LogP contribution in [0.1, 0.15) is 30.1 Å². The number of rotatable bonds is 4. The van der Waals surface area contributed by atoms with Crippen molar-refractivity contribution in [2.24, 2.45) is 12.0 Å². The van der Waals surface area contributed by atoms with Gasteiger partial charge in [0.25, 0.3) is 0 Å². The minimum atomic E-state index is -0.0230. The molecule has 3 heterocycles. The van der Waals surface area contributed by atoms with Crippen molar-refractivity contribution in [3.63, 3.8) is 0 Å². The Morgan fingerprint density at radius 1 is 1.26 bits per heavy atom. The first-order chi connectivity index (χ1) is 15.1. The fourth-order valence-corrected chi connectivity index (χ4v) is 4.04. The first-order valence-corrected chi connectivity index (χ1v) is 10.8. The fraction of sp³-hybridized carbons (Fsp3) is 0.500. The highest BCUT2D eigenvalue weighted by Gasteiger charge is 2.25. The topological polar surface area (TPSA) is 87.0 Å². The molecule has 2 aromatic rings. The summed E-state index contributed by atoms with van der Waals surface area (Å²) in [5, 5.41) is 10.7. The van der Waals surface area contributed by atoms with E-state index in [9.17, 15) is 4.79 Å². The lowest BCUT2D eigenvalue weighted by Crippen LogP contribution is -2.47. The molecule has 0 aliphatic carbocycles. The third kappa shape index (κ3) is 5.35. The molecule has 0 saturated carbocycles. The average molecular weight is 426 g/mol. The smallest absolute Gasteiger partial charge is 0.321 e. The Hall–Kier alpha value is -3.07. The lowest BCUT2D eigenvalue weighted by Gasteiger charge is -2.34. The second-order valence-electron chi connectivity index (χ2n) is 7.98. The number of benzene rings is 1. The van der Waals surface area contributed by atoms with Crippen LogP contribution in [0.15, 0.2) is 41.7 Å². The van der Waals surface area contributed by atoms with Crippen molar-refractivity contribution < 1.29 is 9.53 Å². The quantitative estimate of drug-likeness (QED) is 0.579. The molecule has 4 rings (SSSR count). The normalized spacial score (nSPS) is 19.5. The summed E-state index contributed by atoms with van der Waals surface area (Å²) in [6, 6.07) is 7.92. The maximum atomic E-state index is 12.3. The van der Waals surface area contributed by atoms with E-state index in [2.05, 4.69) is 25.6 Å². The number of carbonyl (C=O) groups excluding carboxylic acids is 1. The zero-order chi connectivity index (χ0) is 21.6. The van der Waals surface area contributed by atoms with Crippen LogP contribution in [0, 0.1) is 0 Å². The van der Waals surface area contributed by atoms with Crippen LogP contribution in [0.25, 0.3) is 0 Å². The summed E-state index contributed by atoms with van der Waals surface area (Å²) in [6.07, 6.45) is 5.99. The average Bonchev–Trinajstić information content (AvgIpc) is 3.47. The maximum Gasteiger partial charge on any atom is 0.321 e. The number of urea groups is 1. The number of aryl methyl sites for hydroxylation is 1. The predicted octanol–water partition coefficient (Wildman–Crippen LogP) is 2.20. The summed E-state index contributed by atoms with van der Waals surface area (Å²) < 4.78 is 7.73. The van der Waals surface area contributed by atoms with Crippen LogP contribution in [0.5, 0.6) is 0 Å². The molecule has 1 aromatic carbocycles. The van der Waals surface area contributed by atoms with E-state index in [0.717, 1.165) is 61.8 Å². The Morgan fingerprint density at radius 2 is 2.10 bits per heavy atom. The molecule has 2 amide bonds. The third-order valence-corrected chi connectivity index (χ3v) is 5.70. The number of aromatic nitrogens is 2. The molecule has 2 N–H and O–H groups in total. The highest BCUT2D eigenvalue weighted by molar-refractivity contribution is 5.89. The van der Waals surface area contributed by atoms with E-state index in [-0.39, 0.29) is 12.1 Å². The van der Waals surface area contributed by atoms with Gasteiger partial charge >= 0.3 is 6.03 Å². The van der Waals surface area contributed by atoms with Crippen LogP contribution in [-0.4, -0.2) is 71.4 Å². The SMILES string of the molecule is CN=C(NCc1cccc(NC(=O)N2CCCC2)c1)N1CCOC(c2cnn(C)c2)C1. The number of hydrogen-bond donors (Lipinski definition) is 2. The molecule has 166 valence electrons. The number of aliphatic imine (C=N–C) groups is 1. The zero-order valence-corrected chi connectivity index (χ0v) is 18.3. The molecule has 1 atom stereocenters. The van der Waals surface area contributed by atoms with E-state index in [1.807, 2.05) is 48.6 Å². The Labute approximate surface area is 183 Å². The van der Waals surface area contributed by atoms with Crippen LogP contribution in [0.3, 0.4) is 0 Å². The van der Waals surface area contributed by atoms with E-state index in [4.69, 9.17) is 4.74 Å². The molecule has 0 spiro atoms. The van der Waals surface area contributed by atoms with Crippen LogP contribution < -0.4 is 10.6 Å². The van der Waals surface area contributed by atoms with Crippen molar-refractivity contribution in [1.29, 1.82) is 0 Å². The number of nitrogens with zero attached hydrogens (tertiary/aromatic N) is 5. The monoisotopic (exact) mass is 425 g/mol. The number of nitrogens with one attached hydrogen (secondary N) is 2. The van der Waals surface area contributed by atoms with Gasteiger partial charge in [0.05, 0.1) is 19.3 Å². The number of hydrogen-bond acceptors (Lipinski definition) is 4. The van der Waals surface area contributed by atoms with Gasteiger partial charge in [0.2, 0.25) is 0 Å². The standard InChI is InChI=1S/C22H31N7O2/c1-23-21(29-10-11-31-20(16-29)18-14-25-27(2)15-18)24-13-17-6-5-7-19(12-17)26-22(30)28-8-3-4-9-28/h5-7,12,14-15,20H,3-4,8-11,13,16H2,1-2H3,(H,23,24)(H,26,30). The van der Waals surface area contributed by atoms with E-state index < -0.39 is 0 Å². The van der Waals surface area contributed by atoms with Crippen LogP contribution >= 0.6 is 0 Å². The number of anilines is 1. The Balaban J connectivity index is 1.33. The maximum absolute atomic E-state index is 12.3. The van der Waals surface area contributed by atoms with Crippen molar-refractivity contribution >= 4 is 17.7 Å². The Morgan fingerprint density at radius 3 is 2.84 bits per heavy atom. The van der Waals surface area contributed by atoms with Crippen molar-refractivity contribution in [1.82, 2.24) is 24.9 Å². The number of amides is 2. The van der Waals surface area contributed by atoms with Gasteiger partial charge in [-0.1, -0.05) is 12.1 Å². The van der Waals surface area contributed by atoms with Gasteiger partial charge in [-0.3, -0.25) is 9.67 Å². The molecule has 0 radical (unpaired) electrons. The number of morpholine rings is 1. The molecule has 2 aliphatic rings. The highest BCUT2D eigenvalue weighted by Crippen LogP contribution is 2.22. The van der Waals surface area contributed by atoms with Crippen molar-refractivity contribution in [3.05, 3.63) is 47.8 Å². The predicted molar refractivity (Wildman–Crippen MR) is 120 cm³/mol. The van der Waals surface area contributed by atoms with Crippen LogP contribution in [0.4, 0.5) is 10.5 Å². The lowest BCUT2D eigenvalue weighted by molar-refractivity contribution is -0.00805. The largest absolute Gasteiger partial charge is 0.370 e. The Bertz CT molecular complexity index is 920. The second-order valence-corrected chi connectivity index (χ2v) is 7.98. The van der Waals surface area contributed by atoms with E-state index in [1.165, 1.54) is 0 Å². The van der Waals surface area contributed by atoms with Gasteiger partial charge in [-0.05, 0) is 30.5 Å². The fourth-order valence-electron chi connectivity index (χ4n) is 4.04. The number of guanidine groups is 1. The van der Waals surface area contributed by atoms with Gasteiger partial charge in [0.15, 0.2) is 5.96 Å². The molecule has 1 aromatic heterocycles. The molecular weight excluding hydrogens is 394 g/mol. The lowest BCUT2D eigenvalue weighted by atomic mass is 10.1. The van der Waals surface area contributed by atoms with Crippen molar-refractivity contribution in [2.45, 2.75) is 25.5 Å². The van der Waals surface area contributed by atoms with Gasteiger partial charge in [-0.25, -0.2) is 4.79 Å². The molecule has 31 heavy (non-hydrogen) atoms. The summed E-state index contributed by atoms with van der Waals surface area (Å²) >= 11 is 0. The zero-order valence-electron chi connectivity index (χ0n) is 18.3. The van der Waals surface area contributed by atoms with Gasteiger partial charge in [0, 0.05) is 57.7 Å². The van der Waals surface area contributed by atoms with Crippen molar-refractivity contribution in [2.75, 3.05) is 45.2 Å². The molecule has 2 saturated heterocycles. The molecular formula is C22H31N7O2. The molecule has 2 aliphatic heterocycles. The first-order valence-electron chi connectivity index (χ1n) is 10.8. The second kappa shape index (κ2) is 9.82. The number of likely N-dealkylation sites (tertiary alicyclic amines) is 1. The van der Waals surface area contributed by atoms with Crippen LogP contribution in [0.2, 0.25) is 0 Å². The minimum Gasteiger partial charge on any atom is -0.370 e. The van der Waals surface area contributed by atoms with Gasteiger partial charge in [0.1, 0.15) is 6.10 Å². The summed E-state index contributed by atoms with van der Waals surface area (Å²) in [5.41, 5.74) is 2.97. The molecule has 9 heteroatoms. The molecule has 1 unspecified atom stereocenters. The van der Waals surface area contributed by atoms with Crippen molar-refractivity contribution in [3.8, 4) is 0 Å². The Kier molecular flexibility index (Phi) is 6.71. The first kappa shape index (κ1) is 21.2. The minimum absolute atomic E-state index is 0.0202. The van der Waals surface area contributed by atoms with Gasteiger partial charge in [-0.15, -0.1) is 0 Å². The van der Waals surface area contributed by atoms with Crippen LogP contribution in [-0.2, 0) is 18.3 Å². The highest BCUT2D eigenvalue weighted by atomic mass is 16.5. The summed E-state index contributed by atoms with van der Waals surface area (Å²) in [5.74, 6) is 0.837. The molecule has 9 nitrogen and oxygen atoms in total. The summed E-state index contributed by atoms with van der Waals surface area (Å²) in [7, 11) is 3.70. The number of carbonyl (C=O) groups is 1. The van der Waals surface area contributed by atoms with E-state index in [0.29, 0.717) is 13.2 Å². The van der Waals surface area contributed by atoms with Gasteiger partial charge in [-0.2, -0.15) is 5.10 Å². The number of ether oxygens (including phenoxy) is 1. The van der Waals surface area contributed by atoms with Gasteiger partial charge < -0.3 is 25.2 Å². The summed E-state index contributed by atoms with van der Waals surface area (Å²) in [4.78, 5) is 20.9.